The second-order valence-corrected chi connectivity index (χ2v) is 7.15. The van der Waals surface area contributed by atoms with Gasteiger partial charge in [-0.25, -0.2) is 8.42 Å². The standard InChI is InChI=1S/C13H14N4O5S/c1-9-3-4-10(17(18)19)7-11(9)23(20,21)16-13(5-2-6-13)12-14-8-22-15-12/h3-4,7-8,16H,2,5-6H2,1H3. The van der Waals surface area contributed by atoms with E-state index in [9.17, 15) is 18.5 Å². The van der Waals surface area contributed by atoms with Crippen molar-refractivity contribution >= 4 is 15.7 Å². The van der Waals surface area contributed by atoms with Gasteiger partial charge in [-0.15, -0.1) is 0 Å². The Morgan fingerprint density at radius 1 is 1.39 bits per heavy atom. The molecule has 0 radical (unpaired) electrons. The van der Waals surface area contributed by atoms with Gasteiger partial charge >= 0.3 is 0 Å². The molecule has 0 aliphatic heterocycles. The summed E-state index contributed by atoms with van der Waals surface area (Å²) in [6.45, 7) is 1.58. The normalized spacial score (nSPS) is 16.7. The predicted octanol–water partition coefficient (Wildman–Crippen LogP) is 1.64. The molecule has 23 heavy (non-hydrogen) atoms. The molecule has 1 aliphatic carbocycles. The first-order valence-corrected chi connectivity index (χ1v) is 8.38. The average Bonchev–Trinajstić information content (AvgIpc) is 2.97. The third-order valence-electron chi connectivity index (χ3n) is 4.00. The van der Waals surface area contributed by atoms with Gasteiger partial charge < -0.3 is 4.52 Å². The van der Waals surface area contributed by atoms with Gasteiger partial charge in [0.2, 0.25) is 16.4 Å². The summed E-state index contributed by atoms with van der Waals surface area (Å²) < 4.78 is 32.7. The van der Waals surface area contributed by atoms with E-state index in [0.717, 1.165) is 18.9 Å². The Morgan fingerprint density at radius 2 is 2.13 bits per heavy atom. The van der Waals surface area contributed by atoms with Crippen molar-refractivity contribution in [2.24, 2.45) is 0 Å². The number of hydrogen-bond acceptors (Lipinski definition) is 7. The number of rotatable bonds is 5. The van der Waals surface area contributed by atoms with Crippen LogP contribution in [-0.4, -0.2) is 23.5 Å². The summed E-state index contributed by atoms with van der Waals surface area (Å²) >= 11 is 0. The number of hydrogen-bond donors (Lipinski definition) is 1. The van der Waals surface area contributed by atoms with E-state index in [-0.39, 0.29) is 16.4 Å². The zero-order valence-corrected chi connectivity index (χ0v) is 13.0. The number of nitro benzene ring substituents is 1. The predicted molar refractivity (Wildman–Crippen MR) is 78.0 cm³/mol. The van der Waals surface area contributed by atoms with Crippen molar-refractivity contribution in [2.75, 3.05) is 0 Å². The van der Waals surface area contributed by atoms with Crippen LogP contribution in [0.15, 0.2) is 34.0 Å². The number of aryl methyl sites for hydroxylation is 1. The summed E-state index contributed by atoms with van der Waals surface area (Å²) in [6, 6.07) is 3.74. The fourth-order valence-electron chi connectivity index (χ4n) is 2.59. The molecule has 0 atom stereocenters. The molecule has 1 fully saturated rings. The van der Waals surface area contributed by atoms with E-state index in [0.29, 0.717) is 18.4 Å². The summed E-state index contributed by atoms with van der Waals surface area (Å²) in [5, 5.41) is 14.6. The van der Waals surface area contributed by atoms with Crippen LogP contribution in [0.4, 0.5) is 5.69 Å². The Kier molecular flexibility index (Phi) is 3.65. The molecular formula is C13H14N4O5S. The molecule has 0 saturated heterocycles. The van der Waals surface area contributed by atoms with Gasteiger partial charge in [0.15, 0.2) is 5.82 Å². The quantitative estimate of drug-likeness (QED) is 0.648. The second kappa shape index (κ2) is 5.39. The van der Waals surface area contributed by atoms with Crippen molar-refractivity contribution in [3.63, 3.8) is 0 Å². The number of benzene rings is 1. The zero-order valence-electron chi connectivity index (χ0n) is 12.2. The summed E-state index contributed by atoms with van der Waals surface area (Å²) in [5.41, 5.74) is -0.771. The highest BCUT2D eigenvalue weighted by Gasteiger charge is 2.46. The second-order valence-electron chi connectivity index (χ2n) is 5.50. The van der Waals surface area contributed by atoms with Gasteiger partial charge in [-0.05, 0) is 31.7 Å². The zero-order chi connectivity index (χ0) is 16.7. The first kappa shape index (κ1) is 15.6. The molecule has 0 amide bonds. The lowest BCUT2D eigenvalue weighted by Gasteiger charge is -2.39. The topological polar surface area (TPSA) is 128 Å². The van der Waals surface area contributed by atoms with Crippen LogP contribution in [0.1, 0.15) is 30.7 Å². The fourth-order valence-corrected chi connectivity index (χ4v) is 4.27. The minimum Gasteiger partial charge on any atom is -0.343 e. The summed E-state index contributed by atoms with van der Waals surface area (Å²) in [4.78, 5) is 14.1. The molecule has 10 heteroatoms. The van der Waals surface area contributed by atoms with Gasteiger partial charge in [0.25, 0.3) is 5.69 Å². The fraction of sp³-hybridized carbons (Fsp3) is 0.385. The van der Waals surface area contributed by atoms with Crippen LogP contribution >= 0.6 is 0 Å². The molecule has 3 rings (SSSR count). The largest absolute Gasteiger partial charge is 0.343 e. The van der Waals surface area contributed by atoms with E-state index in [1.165, 1.54) is 12.1 Å². The van der Waals surface area contributed by atoms with Crippen molar-refractivity contribution < 1.29 is 17.9 Å². The van der Waals surface area contributed by atoms with E-state index in [2.05, 4.69) is 14.9 Å². The molecule has 1 saturated carbocycles. The van der Waals surface area contributed by atoms with Crippen LogP contribution in [0.25, 0.3) is 0 Å². The van der Waals surface area contributed by atoms with Crippen molar-refractivity contribution in [1.29, 1.82) is 0 Å². The molecule has 1 N–H and O–H groups in total. The first-order chi connectivity index (χ1) is 10.8. The highest BCUT2D eigenvalue weighted by Crippen LogP contribution is 2.41. The Morgan fingerprint density at radius 3 is 2.65 bits per heavy atom. The summed E-state index contributed by atoms with van der Waals surface area (Å²) in [6.07, 6.45) is 3.05. The molecule has 122 valence electrons. The summed E-state index contributed by atoms with van der Waals surface area (Å²) in [7, 11) is -3.97. The highest BCUT2D eigenvalue weighted by molar-refractivity contribution is 7.89. The van der Waals surface area contributed by atoms with Crippen molar-refractivity contribution in [3.8, 4) is 0 Å². The van der Waals surface area contributed by atoms with E-state index >= 15 is 0 Å². The van der Waals surface area contributed by atoms with Crippen LogP contribution in [0.3, 0.4) is 0 Å². The van der Waals surface area contributed by atoms with E-state index in [1.807, 2.05) is 0 Å². The van der Waals surface area contributed by atoms with Crippen LogP contribution < -0.4 is 4.72 Å². The molecule has 2 aromatic rings. The number of aromatic nitrogens is 2. The lowest BCUT2D eigenvalue weighted by atomic mass is 9.77. The van der Waals surface area contributed by atoms with Crippen molar-refractivity contribution in [3.05, 3.63) is 46.1 Å². The molecule has 1 aromatic heterocycles. The molecule has 9 nitrogen and oxygen atoms in total. The maximum absolute atomic E-state index is 12.7. The van der Waals surface area contributed by atoms with Gasteiger partial charge in [0.1, 0.15) is 0 Å². The maximum Gasteiger partial charge on any atom is 0.270 e. The monoisotopic (exact) mass is 338 g/mol. The van der Waals surface area contributed by atoms with E-state index in [1.54, 1.807) is 6.92 Å². The first-order valence-electron chi connectivity index (χ1n) is 6.90. The highest BCUT2D eigenvalue weighted by atomic mass is 32.2. The molecule has 0 unspecified atom stereocenters. The number of nitrogens with one attached hydrogen (secondary N) is 1. The molecule has 0 bridgehead atoms. The molecule has 0 spiro atoms. The number of non-ortho nitro benzene ring substituents is 1. The van der Waals surface area contributed by atoms with Gasteiger partial charge in [-0.3, -0.25) is 10.1 Å². The molecular weight excluding hydrogens is 324 g/mol. The Labute approximate surface area is 131 Å². The molecule has 1 heterocycles. The van der Waals surface area contributed by atoms with Gasteiger partial charge in [0.05, 0.1) is 15.4 Å². The molecule has 1 aliphatic rings. The number of nitrogens with zero attached hydrogens (tertiary/aromatic N) is 3. The summed E-state index contributed by atoms with van der Waals surface area (Å²) in [5.74, 6) is 0.274. The van der Waals surface area contributed by atoms with E-state index in [4.69, 9.17) is 4.52 Å². The van der Waals surface area contributed by atoms with Gasteiger partial charge in [0, 0.05) is 12.1 Å². The third-order valence-corrected chi connectivity index (χ3v) is 5.68. The Hall–Kier alpha value is -2.33. The third kappa shape index (κ3) is 2.70. The number of sulfonamides is 1. The van der Waals surface area contributed by atoms with Crippen molar-refractivity contribution in [2.45, 2.75) is 36.6 Å². The van der Waals surface area contributed by atoms with Crippen LogP contribution in [0.5, 0.6) is 0 Å². The van der Waals surface area contributed by atoms with Gasteiger partial charge in [-0.2, -0.15) is 9.71 Å². The van der Waals surface area contributed by atoms with Gasteiger partial charge in [-0.1, -0.05) is 11.2 Å². The van der Waals surface area contributed by atoms with Crippen molar-refractivity contribution in [1.82, 2.24) is 14.9 Å². The van der Waals surface area contributed by atoms with Crippen LogP contribution in [0, 0.1) is 17.0 Å². The Bertz CT molecular complexity index is 843. The smallest absolute Gasteiger partial charge is 0.270 e. The number of nitro groups is 1. The van der Waals surface area contributed by atoms with E-state index < -0.39 is 20.5 Å². The SMILES string of the molecule is Cc1ccc([N+](=O)[O-])cc1S(=O)(=O)NC1(c2ncon2)CCC1. The van der Waals surface area contributed by atoms with Crippen LogP contribution in [-0.2, 0) is 15.6 Å². The molecule has 1 aromatic carbocycles. The lowest BCUT2D eigenvalue weighted by molar-refractivity contribution is -0.385. The maximum atomic E-state index is 12.7. The minimum absolute atomic E-state index is 0.124. The average molecular weight is 338 g/mol. The Balaban J connectivity index is 1.99. The minimum atomic E-state index is -3.97. The van der Waals surface area contributed by atoms with Crippen LogP contribution in [0.2, 0.25) is 0 Å². The lowest BCUT2D eigenvalue weighted by Crippen LogP contribution is -2.51.